The van der Waals surface area contributed by atoms with Crippen LogP contribution in [-0.4, -0.2) is 6.29 Å². The lowest BCUT2D eigenvalue weighted by Gasteiger charge is -2.19. The van der Waals surface area contributed by atoms with E-state index in [1.807, 2.05) is 12.1 Å². The maximum Gasteiger partial charge on any atom is 0.151 e. The van der Waals surface area contributed by atoms with E-state index in [0.717, 1.165) is 11.8 Å². The highest BCUT2D eigenvalue weighted by molar-refractivity contribution is 6.33. The number of benzene rings is 2. The number of halogens is 1. The van der Waals surface area contributed by atoms with Crippen LogP contribution in [0.4, 0.5) is 0 Å². The fourth-order valence-corrected chi connectivity index (χ4v) is 2.94. The highest BCUT2D eigenvalue weighted by atomic mass is 35.5. The van der Waals surface area contributed by atoms with Crippen LogP contribution in [0, 0.1) is 34.6 Å². The van der Waals surface area contributed by atoms with Gasteiger partial charge in [-0.05, 0) is 85.7 Å². The van der Waals surface area contributed by atoms with Crippen molar-refractivity contribution in [2.45, 2.75) is 34.6 Å². The van der Waals surface area contributed by atoms with Crippen LogP contribution >= 0.6 is 11.6 Å². The second-order valence-corrected chi connectivity index (χ2v) is 5.76. The summed E-state index contributed by atoms with van der Waals surface area (Å²) >= 11 is 6.16. The minimum atomic E-state index is 0.507. The van der Waals surface area contributed by atoms with Crippen molar-refractivity contribution < 1.29 is 4.79 Å². The molecule has 0 bridgehead atoms. The van der Waals surface area contributed by atoms with E-state index in [-0.39, 0.29) is 0 Å². The van der Waals surface area contributed by atoms with E-state index in [1.165, 1.54) is 33.4 Å². The van der Waals surface area contributed by atoms with Gasteiger partial charge in [-0.2, -0.15) is 0 Å². The highest BCUT2D eigenvalue weighted by Crippen LogP contribution is 2.35. The molecular formula is C18H19ClO. The third-order valence-electron chi connectivity index (χ3n) is 4.42. The molecule has 1 nitrogen and oxygen atoms in total. The Morgan fingerprint density at radius 2 is 1.35 bits per heavy atom. The van der Waals surface area contributed by atoms with Crippen molar-refractivity contribution in [1.29, 1.82) is 0 Å². The lowest BCUT2D eigenvalue weighted by atomic mass is 9.86. The molecule has 0 saturated carbocycles. The molecule has 0 aliphatic carbocycles. The Kier molecular flexibility index (Phi) is 4.01. The van der Waals surface area contributed by atoms with E-state index in [0.29, 0.717) is 10.6 Å². The Balaban J connectivity index is 2.76. The van der Waals surface area contributed by atoms with Gasteiger partial charge in [-0.25, -0.2) is 0 Å². The average molecular weight is 287 g/mol. The summed E-state index contributed by atoms with van der Waals surface area (Å²) in [4.78, 5) is 10.9. The molecule has 0 fully saturated rings. The van der Waals surface area contributed by atoms with Gasteiger partial charge in [-0.15, -0.1) is 0 Å². The summed E-state index contributed by atoms with van der Waals surface area (Å²) in [6.45, 7) is 10.8. The molecule has 2 aromatic rings. The lowest BCUT2D eigenvalue weighted by Crippen LogP contribution is -1.99. The maximum absolute atomic E-state index is 10.9. The SMILES string of the molecule is Cc1c(C)c(C)c(-c2ccc(C=O)c(Cl)c2)c(C)c1C. The fraction of sp³-hybridized carbons (Fsp3) is 0.278. The molecule has 20 heavy (non-hydrogen) atoms. The third-order valence-corrected chi connectivity index (χ3v) is 4.74. The predicted octanol–water partition coefficient (Wildman–Crippen LogP) is 5.36. The first kappa shape index (κ1) is 14.8. The van der Waals surface area contributed by atoms with E-state index < -0.39 is 0 Å². The van der Waals surface area contributed by atoms with Crippen molar-refractivity contribution in [1.82, 2.24) is 0 Å². The molecule has 2 heteroatoms. The molecule has 2 rings (SSSR count). The van der Waals surface area contributed by atoms with Crippen molar-refractivity contribution in [3.05, 3.63) is 56.6 Å². The minimum absolute atomic E-state index is 0.507. The van der Waals surface area contributed by atoms with Gasteiger partial charge in [-0.1, -0.05) is 17.7 Å². The zero-order valence-electron chi connectivity index (χ0n) is 12.6. The van der Waals surface area contributed by atoms with Gasteiger partial charge >= 0.3 is 0 Å². The van der Waals surface area contributed by atoms with Crippen LogP contribution in [0.3, 0.4) is 0 Å². The summed E-state index contributed by atoms with van der Waals surface area (Å²) in [5.74, 6) is 0. The number of rotatable bonds is 2. The summed E-state index contributed by atoms with van der Waals surface area (Å²) in [7, 11) is 0. The molecule has 0 saturated heterocycles. The standard InChI is InChI=1S/C18H19ClO/c1-10-11(2)13(4)18(14(5)12(10)3)15-6-7-16(9-20)17(19)8-15/h6-9H,1-5H3. The Labute approximate surface area is 125 Å². The first-order chi connectivity index (χ1) is 9.38. The monoisotopic (exact) mass is 286 g/mol. The van der Waals surface area contributed by atoms with Crippen molar-refractivity contribution in [3.63, 3.8) is 0 Å². The summed E-state index contributed by atoms with van der Waals surface area (Å²) in [6, 6.07) is 5.64. The van der Waals surface area contributed by atoms with Gasteiger partial charge in [0.2, 0.25) is 0 Å². The van der Waals surface area contributed by atoms with E-state index in [4.69, 9.17) is 11.6 Å². The van der Waals surface area contributed by atoms with Gasteiger partial charge in [-0.3, -0.25) is 4.79 Å². The number of hydrogen-bond donors (Lipinski definition) is 0. The predicted molar refractivity (Wildman–Crippen MR) is 86.0 cm³/mol. The van der Waals surface area contributed by atoms with Crippen LogP contribution < -0.4 is 0 Å². The van der Waals surface area contributed by atoms with Gasteiger partial charge in [0.15, 0.2) is 6.29 Å². The molecule has 0 amide bonds. The molecule has 0 heterocycles. The Hall–Kier alpha value is -1.60. The molecule has 0 aromatic heterocycles. The first-order valence-corrected chi connectivity index (χ1v) is 7.08. The third kappa shape index (κ3) is 2.27. The van der Waals surface area contributed by atoms with Gasteiger partial charge in [0.25, 0.3) is 0 Å². The Morgan fingerprint density at radius 1 is 0.850 bits per heavy atom. The number of carbonyl (C=O) groups excluding carboxylic acids is 1. The molecule has 0 radical (unpaired) electrons. The average Bonchev–Trinajstić information content (AvgIpc) is 2.43. The fourth-order valence-electron chi connectivity index (χ4n) is 2.71. The van der Waals surface area contributed by atoms with Gasteiger partial charge in [0, 0.05) is 5.56 Å². The van der Waals surface area contributed by atoms with E-state index in [9.17, 15) is 4.79 Å². The normalized spacial score (nSPS) is 10.7. The largest absolute Gasteiger partial charge is 0.298 e. The van der Waals surface area contributed by atoms with Crippen LogP contribution in [0.2, 0.25) is 5.02 Å². The number of aldehydes is 1. The van der Waals surface area contributed by atoms with Gasteiger partial charge < -0.3 is 0 Å². The highest BCUT2D eigenvalue weighted by Gasteiger charge is 2.14. The molecule has 104 valence electrons. The van der Waals surface area contributed by atoms with Crippen molar-refractivity contribution >= 4 is 17.9 Å². The maximum atomic E-state index is 10.9. The molecule has 0 N–H and O–H groups in total. The quantitative estimate of drug-likeness (QED) is 0.679. The molecule has 2 aromatic carbocycles. The Morgan fingerprint density at radius 3 is 1.80 bits per heavy atom. The van der Waals surface area contributed by atoms with Crippen LogP contribution in [0.25, 0.3) is 11.1 Å². The van der Waals surface area contributed by atoms with Crippen molar-refractivity contribution in [3.8, 4) is 11.1 Å². The minimum Gasteiger partial charge on any atom is -0.298 e. The molecule has 0 aliphatic heterocycles. The molecular weight excluding hydrogens is 268 g/mol. The van der Waals surface area contributed by atoms with Crippen LogP contribution in [-0.2, 0) is 0 Å². The Bertz CT molecular complexity index is 670. The topological polar surface area (TPSA) is 17.1 Å². The zero-order valence-corrected chi connectivity index (χ0v) is 13.4. The molecule has 0 atom stereocenters. The second kappa shape index (κ2) is 5.41. The summed E-state index contributed by atoms with van der Waals surface area (Å²) in [5, 5.41) is 0.507. The first-order valence-electron chi connectivity index (χ1n) is 6.70. The molecule has 0 spiro atoms. The van der Waals surface area contributed by atoms with Gasteiger partial charge in [0.1, 0.15) is 0 Å². The summed E-state index contributed by atoms with van der Waals surface area (Å²) in [5.41, 5.74) is 9.37. The number of hydrogen-bond acceptors (Lipinski definition) is 1. The van der Waals surface area contributed by atoms with Crippen molar-refractivity contribution in [2.24, 2.45) is 0 Å². The summed E-state index contributed by atoms with van der Waals surface area (Å²) in [6.07, 6.45) is 0.789. The molecule has 0 unspecified atom stereocenters. The van der Waals surface area contributed by atoms with Crippen LogP contribution in [0.1, 0.15) is 38.2 Å². The lowest BCUT2D eigenvalue weighted by molar-refractivity contribution is 0.112. The second-order valence-electron chi connectivity index (χ2n) is 5.35. The van der Waals surface area contributed by atoms with E-state index in [2.05, 4.69) is 34.6 Å². The smallest absolute Gasteiger partial charge is 0.151 e. The zero-order chi connectivity index (χ0) is 15.0. The van der Waals surface area contributed by atoms with Gasteiger partial charge in [0.05, 0.1) is 5.02 Å². The van der Waals surface area contributed by atoms with E-state index in [1.54, 1.807) is 6.07 Å². The van der Waals surface area contributed by atoms with E-state index >= 15 is 0 Å². The summed E-state index contributed by atoms with van der Waals surface area (Å²) < 4.78 is 0. The van der Waals surface area contributed by atoms with Crippen LogP contribution in [0.5, 0.6) is 0 Å². The van der Waals surface area contributed by atoms with Crippen molar-refractivity contribution in [2.75, 3.05) is 0 Å². The molecule has 0 aliphatic rings. The van der Waals surface area contributed by atoms with Crippen LogP contribution in [0.15, 0.2) is 18.2 Å². The number of carbonyl (C=O) groups is 1.